The van der Waals surface area contributed by atoms with Gasteiger partial charge in [0.1, 0.15) is 5.60 Å². The molecule has 3 saturated carbocycles. The molecule has 6 atom stereocenters. The predicted octanol–water partition coefficient (Wildman–Crippen LogP) is 5.35. The van der Waals surface area contributed by atoms with Crippen molar-refractivity contribution in [3.05, 3.63) is 11.6 Å². The molecular formula is C25H38O3S. The Balaban J connectivity index is 1.58. The Morgan fingerprint density at radius 2 is 1.79 bits per heavy atom. The van der Waals surface area contributed by atoms with E-state index in [4.69, 9.17) is 0 Å². The third kappa shape index (κ3) is 3.28. The Morgan fingerprint density at radius 1 is 1.10 bits per heavy atom. The van der Waals surface area contributed by atoms with Gasteiger partial charge in [0.15, 0.2) is 11.6 Å². The van der Waals surface area contributed by atoms with E-state index in [1.165, 1.54) is 5.57 Å². The Labute approximate surface area is 180 Å². The van der Waals surface area contributed by atoms with Crippen LogP contribution in [0.25, 0.3) is 0 Å². The van der Waals surface area contributed by atoms with Gasteiger partial charge >= 0.3 is 0 Å². The molecule has 0 unspecified atom stereocenters. The lowest BCUT2D eigenvalue weighted by molar-refractivity contribution is -0.159. The van der Waals surface area contributed by atoms with Crippen molar-refractivity contribution in [2.24, 2.45) is 28.6 Å². The van der Waals surface area contributed by atoms with Crippen molar-refractivity contribution in [1.29, 1.82) is 0 Å². The second kappa shape index (κ2) is 6.95. The fourth-order valence-electron chi connectivity index (χ4n) is 7.43. The van der Waals surface area contributed by atoms with Crippen LogP contribution >= 0.6 is 11.8 Å². The maximum absolute atomic E-state index is 13.2. The minimum Gasteiger partial charge on any atom is -0.381 e. The van der Waals surface area contributed by atoms with E-state index in [9.17, 15) is 14.7 Å². The molecule has 4 aliphatic rings. The number of aliphatic hydroxyl groups is 1. The Kier molecular flexibility index (Phi) is 5.18. The molecule has 1 N–H and O–H groups in total. The van der Waals surface area contributed by atoms with Crippen molar-refractivity contribution in [2.45, 2.75) is 96.3 Å². The van der Waals surface area contributed by atoms with Crippen molar-refractivity contribution < 1.29 is 14.7 Å². The van der Waals surface area contributed by atoms with E-state index in [0.717, 1.165) is 38.5 Å². The summed E-state index contributed by atoms with van der Waals surface area (Å²) in [5.41, 5.74) is 0.0569. The molecule has 0 spiro atoms. The van der Waals surface area contributed by atoms with Crippen LogP contribution in [0, 0.1) is 28.6 Å². The van der Waals surface area contributed by atoms with E-state index >= 15 is 0 Å². The summed E-state index contributed by atoms with van der Waals surface area (Å²) in [6, 6.07) is 0. The van der Waals surface area contributed by atoms with Crippen LogP contribution in [-0.2, 0) is 9.59 Å². The third-order valence-electron chi connectivity index (χ3n) is 9.21. The molecule has 29 heavy (non-hydrogen) atoms. The molecule has 3 nitrogen and oxygen atoms in total. The first-order valence-corrected chi connectivity index (χ1v) is 12.5. The molecule has 4 rings (SSSR count). The number of ketones is 2. The molecule has 3 fully saturated rings. The summed E-state index contributed by atoms with van der Waals surface area (Å²) in [6.07, 6.45) is 9.33. The fourth-order valence-corrected chi connectivity index (χ4v) is 8.24. The van der Waals surface area contributed by atoms with Gasteiger partial charge in [0.2, 0.25) is 0 Å². The highest BCUT2D eigenvalue weighted by molar-refractivity contribution is 8.01. The van der Waals surface area contributed by atoms with E-state index in [2.05, 4.69) is 34.6 Å². The zero-order valence-electron chi connectivity index (χ0n) is 18.8. The summed E-state index contributed by atoms with van der Waals surface area (Å²) in [6.45, 7) is 11.0. The van der Waals surface area contributed by atoms with Crippen LogP contribution < -0.4 is 0 Å². The molecule has 0 aromatic rings. The first-order chi connectivity index (χ1) is 13.4. The quantitative estimate of drug-likeness (QED) is 0.671. The minimum atomic E-state index is -1.17. The normalized spacial score (nSPS) is 44.6. The predicted molar refractivity (Wildman–Crippen MR) is 119 cm³/mol. The molecule has 0 bridgehead atoms. The second-order valence-electron chi connectivity index (χ2n) is 11.6. The van der Waals surface area contributed by atoms with E-state index in [0.29, 0.717) is 42.1 Å². The Hall–Kier alpha value is -0.610. The summed E-state index contributed by atoms with van der Waals surface area (Å²) in [4.78, 5) is 25.2. The Bertz CT molecular complexity index is 750. The number of carbonyl (C=O) groups is 2. The van der Waals surface area contributed by atoms with Crippen LogP contribution in [0.4, 0.5) is 0 Å². The SMILES string of the molecule is CC(C)(C)SCC(=O)[C@@]1(O)CC[C@@H]2[C@H]3CCC4=CC(=O)CC[C@]4(C)[C@H]3CC[C@@]21C. The summed E-state index contributed by atoms with van der Waals surface area (Å²) >= 11 is 1.65. The van der Waals surface area contributed by atoms with Crippen LogP contribution in [0.5, 0.6) is 0 Å². The zero-order chi connectivity index (χ0) is 21.2. The van der Waals surface area contributed by atoms with Gasteiger partial charge in [-0.3, -0.25) is 9.59 Å². The lowest BCUT2D eigenvalue weighted by Gasteiger charge is -2.58. The molecule has 0 heterocycles. The van der Waals surface area contributed by atoms with Crippen molar-refractivity contribution in [3.8, 4) is 0 Å². The highest BCUT2D eigenvalue weighted by Crippen LogP contribution is 2.67. The number of hydrogen-bond acceptors (Lipinski definition) is 4. The highest BCUT2D eigenvalue weighted by Gasteiger charge is 2.66. The zero-order valence-corrected chi connectivity index (χ0v) is 19.7. The summed E-state index contributed by atoms with van der Waals surface area (Å²) in [7, 11) is 0. The van der Waals surface area contributed by atoms with Gasteiger partial charge in [-0.05, 0) is 74.2 Å². The molecule has 162 valence electrons. The number of rotatable bonds is 3. The van der Waals surface area contributed by atoms with Crippen LogP contribution in [0.1, 0.15) is 86.0 Å². The average molecular weight is 419 g/mol. The number of fused-ring (bicyclic) bond motifs is 5. The van der Waals surface area contributed by atoms with Gasteiger partial charge in [-0.25, -0.2) is 0 Å². The van der Waals surface area contributed by atoms with Gasteiger partial charge < -0.3 is 5.11 Å². The van der Waals surface area contributed by atoms with E-state index < -0.39 is 5.60 Å². The second-order valence-corrected chi connectivity index (χ2v) is 13.5. The van der Waals surface area contributed by atoms with E-state index in [-0.39, 0.29) is 21.4 Å². The molecule has 0 aliphatic heterocycles. The third-order valence-corrected chi connectivity index (χ3v) is 10.5. The van der Waals surface area contributed by atoms with Crippen molar-refractivity contribution in [2.75, 3.05) is 5.75 Å². The maximum atomic E-state index is 13.2. The monoisotopic (exact) mass is 418 g/mol. The molecule has 0 aromatic carbocycles. The number of Topliss-reactive ketones (excluding diaryl/α,β-unsaturated/α-hetero) is 1. The summed E-state index contributed by atoms with van der Waals surface area (Å²) in [5.74, 6) is 2.34. The van der Waals surface area contributed by atoms with Crippen LogP contribution in [0.15, 0.2) is 11.6 Å². The van der Waals surface area contributed by atoms with Crippen LogP contribution in [-0.4, -0.2) is 32.8 Å². The fraction of sp³-hybridized carbons (Fsp3) is 0.840. The first-order valence-electron chi connectivity index (χ1n) is 11.5. The van der Waals surface area contributed by atoms with Crippen molar-refractivity contribution >= 4 is 23.3 Å². The lowest BCUT2D eigenvalue weighted by atomic mass is 9.46. The number of thioether (sulfide) groups is 1. The van der Waals surface area contributed by atoms with Gasteiger partial charge in [0, 0.05) is 16.6 Å². The van der Waals surface area contributed by atoms with Gasteiger partial charge in [0.05, 0.1) is 5.75 Å². The van der Waals surface area contributed by atoms with Gasteiger partial charge in [0.25, 0.3) is 0 Å². The standard InChI is InChI=1S/C25H38O3S/c1-22(2,3)29-15-21(27)25(28)13-10-20-18-7-6-16-14-17(26)8-11-23(16,4)19(18)9-12-24(20,25)5/h14,18-20,28H,6-13,15H2,1-5H3/t18-,19-,20+,23-,24-,25-/m0/s1. The van der Waals surface area contributed by atoms with Crippen molar-refractivity contribution in [1.82, 2.24) is 0 Å². The summed E-state index contributed by atoms with van der Waals surface area (Å²) in [5, 5.41) is 11.7. The van der Waals surface area contributed by atoms with Gasteiger partial charge in [-0.2, -0.15) is 0 Å². The van der Waals surface area contributed by atoms with E-state index in [1.807, 2.05) is 6.08 Å². The topological polar surface area (TPSA) is 54.4 Å². The van der Waals surface area contributed by atoms with Gasteiger partial charge in [-0.15, -0.1) is 11.8 Å². The molecule has 0 radical (unpaired) electrons. The Morgan fingerprint density at radius 3 is 2.48 bits per heavy atom. The van der Waals surface area contributed by atoms with Gasteiger partial charge in [-0.1, -0.05) is 40.2 Å². The molecular weight excluding hydrogens is 380 g/mol. The van der Waals surface area contributed by atoms with Crippen LogP contribution in [0.2, 0.25) is 0 Å². The average Bonchev–Trinajstić information content (AvgIpc) is 2.92. The minimum absolute atomic E-state index is 0.0295. The number of carbonyl (C=O) groups excluding carboxylic acids is 2. The molecule has 0 saturated heterocycles. The molecule has 0 amide bonds. The molecule has 0 aromatic heterocycles. The molecule has 4 heteroatoms. The lowest BCUT2D eigenvalue weighted by Crippen LogP contribution is -2.58. The highest BCUT2D eigenvalue weighted by atomic mass is 32.2. The van der Waals surface area contributed by atoms with Crippen molar-refractivity contribution in [3.63, 3.8) is 0 Å². The maximum Gasteiger partial charge on any atom is 0.174 e. The van der Waals surface area contributed by atoms with E-state index in [1.54, 1.807) is 11.8 Å². The number of allylic oxidation sites excluding steroid dienone is 1. The van der Waals surface area contributed by atoms with Crippen LogP contribution in [0.3, 0.4) is 0 Å². The molecule has 4 aliphatic carbocycles. The first kappa shape index (κ1) is 21.6. The summed E-state index contributed by atoms with van der Waals surface area (Å²) < 4.78 is 0.0295. The smallest absolute Gasteiger partial charge is 0.174 e. The largest absolute Gasteiger partial charge is 0.381 e. The number of hydrogen-bond donors (Lipinski definition) is 1.